The highest BCUT2D eigenvalue weighted by Gasteiger charge is 2.26. The lowest BCUT2D eigenvalue weighted by atomic mass is 10.1. The molecule has 0 aliphatic carbocycles. The number of amides is 3. The molecular weight excluding hydrogens is 437 g/mol. The summed E-state index contributed by atoms with van der Waals surface area (Å²) in [5, 5.41) is 9.60. The van der Waals surface area contributed by atoms with E-state index in [4.69, 9.17) is 0 Å². The number of aromatic nitrogens is 2. The van der Waals surface area contributed by atoms with Crippen LogP contribution in [0.4, 0.5) is 4.39 Å². The second-order valence-electron chi connectivity index (χ2n) is 8.11. The molecule has 0 bridgehead atoms. The molecular formula is C25H26FN5O3. The van der Waals surface area contributed by atoms with Gasteiger partial charge in [0.15, 0.2) is 5.69 Å². The number of halogens is 1. The smallest absolute Gasteiger partial charge is 0.272 e. The number of hydrogen-bond acceptors (Lipinski definition) is 4. The Balaban J connectivity index is 1.31. The van der Waals surface area contributed by atoms with Gasteiger partial charge in [0, 0.05) is 32.2 Å². The summed E-state index contributed by atoms with van der Waals surface area (Å²) in [6.45, 7) is 1.66. The molecule has 0 radical (unpaired) electrons. The van der Waals surface area contributed by atoms with Gasteiger partial charge < -0.3 is 15.5 Å². The van der Waals surface area contributed by atoms with Gasteiger partial charge in [0.2, 0.25) is 5.91 Å². The van der Waals surface area contributed by atoms with E-state index in [2.05, 4.69) is 15.7 Å². The Labute approximate surface area is 196 Å². The normalized spacial score (nSPS) is 13.2. The van der Waals surface area contributed by atoms with Gasteiger partial charge in [0.25, 0.3) is 11.8 Å². The first-order valence-corrected chi connectivity index (χ1v) is 11.2. The van der Waals surface area contributed by atoms with Gasteiger partial charge in [-0.3, -0.25) is 19.1 Å². The van der Waals surface area contributed by atoms with Gasteiger partial charge in [-0.05, 0) is 36.1 Å². The number of nitrogens with zero attached hydrogens (tertiary/aromatic N) is 3. The van der Waals surface area contributed by atoms with Crippen LogP contribution in [0.25, 0.3) is 0 Å². The second kappa shape index (κ2) is 10.7. The SMILES string of the molecule is O=C(CNC(=O)c1cc2n(n1)CCCN(Cc1ccc(F)cc1)C2=O)NCCc1ccccc1. The molecule has 0 saturated carbocycles. The van der Waals surface area contributed by atoms with E-state index in [9.17, 15) is 18.8 Å². The van der Waals surface area contributed by atoms with Crippen LogP contribution >= 0.6 is 0 Å². The van der Waals surface area contributed by atoms with Crippen LogP contribution in [0.15, 0.2) is 60.7 Å². The lowest BCUT2D eigenvalue weighted by Crippen LogP contribution is -2.37. The molecule has 0 spiro atoms. The number of aryl methyl sites for hydroxylation is 1. The quantitative estimate of drug-likeness (QED) is 0.535. The summed E-state index contributed by atoms with van der Waals surface area (Å²) in [7, 11) is 0. The maximum Gasteiger partial charge on any atom is 0.272 e. The molecule has 2 aromatic carbocycles. The molecule has 2 N–H and O–H groups in total. The molecule has 4 rings (SSSR count). The summed E-state index contributed by atoms with van der Waals surface area (Å²) in [5.74, 6) is -1.39. The van der Waals surface area contributed by atoms with Crippen LogP contribution < -0.4 is 10.6 Å². The van der Waals surface area contributed by atoms with E-state index in [-0.39, 0.29) is 29.9 Å². The maximum atomic E-state index is 13.2. The number of rotatable bonds is 8. The van der Waals surface area contributed by atoms with E-state index in [1.165, 1.54) is 22.9 Å². The molecule has 0 saturated heterocycles. The Morgan fingerprint density at radius 2 is 1.74 bits per heavy atom. The third kappa shape index (κ3) is 5.86. The van der Waals surface area contributed by atoms with Gasteiger partial charge >= 0.3 is 0 Å². The van der Waals surface area contributed by atoms with E-state index in [0.29, 0.717) is 44.7 Å². The fourth-order valence-corrected chi connectivity index (χ4v) is 3.81. The molecule has 8 nitrogen and oxygen atoms in total. The monoisotopic (exact) mass is 463 g/mol. The summed E-state index contributed by atoms with van der Waals surface area (Å²) < 4.78 is 14.7. The Kier molecular flexibility index (Phi) is 7.31. The van der Waals surface area contributed by atoms with Gasteiger partial charge in [-0.1, -0.05) is 42.5 Å². The number of benzene rings is 2. The third-order valence-corrected chi connectivity index (χ3v) is 5.59. The van der Waals surface area contributed by atoms with Crippen LogP contribution in [-0.4, -0.2) is 52.0 Å². The molecule has 3 aromatic rings. The zero-order chi connectivity index (χ0) is 23.9. The molecule has 3 amide bonds. The lowest BCUT2D eigenvalue weighted by molar-refractivity contribution is -0.120. The molecule has 0 atom stereocenters. The molecule has 34 heavy (non-hydrogen) atoms. The van der Waals surface area contributed by atoms with E-state index < -0.39 is 5.91 Å². The molecule has 176 valence electrons. The van der Waals surface area contributed by atoms with Crippen molar-refractivity contribution < 1.29 is 18.8 Å². The highest BCUT2D eigenvalue weighted by Crippen LogP contribution is 2.17. The van der Waals surface area contributed by atoms with Crippen LogP contribution in [0.3, 0.4) is 0 Å². The summed E-state index contributed by atoms with van der Waals surface area (Å²) in [6, 6.07) is 17.3. The zero-order valence-electron chi connectivity index (χ0n) is 18.7. The van der Waals surface area contributed by atoms with Crippen LogP contribution in [-0.2, 0) is 24.3 Å². The highest BCUT2D eigenvalue weighted by atomic mass is 19.1. The number of fused-ring (bicyclic) bond motifs is 1. The van der Waals surface area contributed by atoms with E-state index in [0.717, 1.165) is 11.1 Å². The van der Waals surface area contributed by atoms with Gasteiger partial charge in [-0.2, -0.15) is 5.10 Å². The van der Waals surface area contributed by atoms with Crippen molar-refractivity contribution in [3.63, 3.8) is 0 Å². The number of carbonyl (C=O) groups excluding carboxylic acids is 3. The summed E-state index contributed by atoms with van der Waals surface area (Å²) in [4.78, 5) is 39.3. The van der Waals surface area contributed by atoms with Gasteiger partial charge in [-0.15, -0.1) is 0 Å². The van der Waals surface area contributed by atoms with Crippen molar-refractivity contribution in [2.75, 3.05) is 19.6 Å². The van der Waals surface area contributed by atoms with Crippen molar-refractivity contribution in [1.29, 1.82) is 0 Å². The molecule has 1 aliphatic rings. The molecule has 0 unspecified atom stereocenters. The van der Waals surface area contributed by atoms with Crippen LogP contribution in [0.5, 0.6) is 0 Å². The van der Waals surface area contributed by atoms with Crippen molar-refractivity contribution in [3.05, 3.63) is 89.0 Å². The average molecular weight is 464 g/mol. The summed E-state index contributed by atoms with van der Waals surface area (Å²) in [5.41, 5.74) is 2.34. The second-order valence-corrected chi connectivity index (χ2v) is 8.11. The Hall–Kier alpha value is -4.01. The molecule has 1 aliphatic heterocycles. The Morgan fingerprint density at radius 3 is 2.50 bits per heavy atom. The Bertz CT molecular complexity index is 1160. The fraction of sp³-hybridized carbons (Fsp3) is 0.280. The maximum absolute atomic E-state index is 13.2. The minimum atomic E-state index is -0.517. The fourth-order valence-electron chi connectivity index (χ4n) is 3.81. The van der Waals surface area contributed by atoms with Gasteiger partial charge in [0.05, 0.1) is 6.54 Å². The minimum absolute atomic E-state index is 0.0871. The number of carbonyl (C=O) groups is 3. The first-order valence-electron chi connectivity index (χ1n) is 11.2. The topological polar surface area (TPSA) is 96.3 Å². The standard InChI is InChI=1S/C25H26FN5O3/c26-20-9-7-19(8-10-20)17-30-13-4-14-31-22(25(30)34)15-21(29-31)24(33)28-16-23(32)27-12-11-18-5-2-1-3-6-18/h1-3,5-10,15H,4,11-14,16-17H2,(H,27,32)(H,28,33). The minimum Gasteiger partial charge on any atom is -0.354 e. The van der Waals surface area contributed by atoms with Crippen molar-refractivity contribution >= 4 is 17.7 Å². The third-order valence-electron chi connectivity index (χ3n) is 5.59. The Morgan fingerprint density at radius 1 is 0.971 bits per heavy atom. The molecule has 1 aromatic heterocycles. The molecule has 9 heteroatoms. The molecule has 2 heterocycles. The average Bonchev–Trinajstić information content (AvgIpc) is 3.22. The summed E-state index contributed by atoms with van der Waals surface area (Å²) in [6.07, 6.45) is 1.37. The van der Waals surface area contributed by atoms with E-state index >= 15 is 0 Å². The first kappa shape index (κ1) is 23.2. The number of nitrogens with one attached hydrogen (secondary N) is 2. The van der Waals surface area contributed by atoms with Crippen molar-refractivity contribution in [1.82, 2.24) is 25.3 Å². The number of hydrogen-bond donors (Lipinski definition) is 2. The van der Waals surface area contributed by atoms with Crippen molar-refractivity contribution in [2.45, 2.75) is 25.9 Å². The van der Waals surface area contributed by atoms with Crippen LogP contribution in [0.2, 0.25) is 0 Å². The van der Waals surface area contributed by atoms with Crippen LogP contribution in [0, 0.1) is 5.82 Å². The zero-order valence-corrected chi connectivity index (χ0v) is 18.7. The predicted octanol–water partition coefficient (Wildman–Crippen LogP) is 2.16. The van der Waals surface area contributed by atoms with Gasteiger partial charge in [-0.25, -0.2) is 4.39 Å². The highest BCUT2D eigenvalue weighted by molar-refractivity contribution is 5.99. The lowest BCUT2D eigenvalue weighted by Gasteiger charge is -2.20. The first-order chi connectivity index (χ1) is 16.5. The predicted molar refractivity (Wildman–Crippen MR) is 123 cm³/mol. The summed E-state index contributed by atoms with van der Waals surface area (Å²) >= 11 is 0. The van der Waals surface area contributed by atoms with Crippen LogP contribution in [0.1, 0.15) is 38.5 Å². The van der Waals surface area contributed by atoms with E-state index in [1.54, 1.807) is 17.0 Å². The molecule has 0 fully saturated rings. The van der Waals surface area contributed by atoms with Gasteiger partial charge in [0.1, 0.15) is 11.5 Å². The van der Waals surface area contributed by atoms with Crippen molar-refractivity contribution in [2.24, 2.45) is 0 Å². The van der Waals surface area contributed by atoms with E-state index in [1.807, 2.05) is 30.3 Å². The largest absolute Gasteiger partial charge is 0.354 e. The van der Waals surface area contributed by atoms with Crippen molar-refractivity contribution in [3.8, 4) is 0 Å².